The molecular weight excluding hydrogens is 282 g/mol. The lowest BCUT2D eigenvalue weighted by Crippen LogP contribution is -2.23. The largest absolute Gasteiger partial charge is 0.494 e. The van der Waals surface area contributed by atoms with E-state index < -0.39 is 0 Å². The maximum absolute atomic E-state index is 9.05. The summed E-state index contributed by atoms with van der Waals surface area (Å²) in [7, 11) is 3.65. The number of benzene rings is 1. The van der Waals surface area contributed by atoms with Gasteiger partial charge in [0.15, 0.2) is 0 Å². The van der Waals surface area contributed by atoms with Crippen molar-refractivity contribution in [1.29, 1.82) is 0 Å². The van der Waals surface area contributed by atoms with Gasteiger partial charge >= 0.3 is 0 Å². The van der Waals surface area contributed by atoms with Crippen LogP contribution < -0.4 is 9.64 Å². The molecule has 96 valence electrons. The number of hydrogen-bond donors (Lipinski definition) is 1. The molecule has 1 rings (SSSR count). The first-order chi connectivity index (χ1) is 7.95. The van der Waals surface area contributed by atoms with Gasteiger partial charge in [0.25, 0.3) is 0 Å². The minimum atomic E-state index is 0.129. The van der Waals surface area contributed by atoms with Gasteiger partial charge in [-0.15, -0.1) is 0 Å². The topological polar surface area (TPSA) is 32.7 Å². The molecule has 0 saturated carbocycles. The number of aliphatic hydroxyl groups is 1. The van der Waals surface area contributed by atoms with Gasteiger partial charge in [-0.2, -0.15) is 0 Å². The molecule has 0 unspecified atom stereocenters. The number of anilines is 1. The van der Waals surface area contributed by atoms with E-state index in [-0.39, 0.29) is 6.61 Å². The first-order valence-corrected chi connectivity index (χ1v) is 6.40. The van der Waals surface area contributed by atoms with Crippen molar-refractivity contribution in [2.75, 3.05) is 32.2 Å². The van der Waals surface area contributed by atoms with E-state index in [1.165, 1.54) is 5.56 Å². The van der Waals surface area contributed by atoms with Crippen molar-refractivity contribution < 1.29 is 9.84 Å². The van der Waals surface area contributed by atoms with Gasteiger partial charge in [-0.3, -0.25) is 0 Å². The van der Waals surface area contributed by atoms with Crippen LogP contribution in [0.1, 0.15) is 16.7 Å². The summed E-state index contributed by atoms with van der Waals surface area (Å²) in [6.07, 6.45) is 0. The first kappa shape index (κ1) is 14.3. The third kappa shape index (κ3) is 2.58. The Bertz CT molecular complexity index is 419. The summed E-state index contributed by atoms with van der Waals surface area (Å²) in [4.78, 5) is 2.02. The normalized spacial score (nSPS) is 10.5. The summed E-state index contributed by atoms with van der Waals surface area (Å²) < 4.78 is 6.62. The molecular formula is C13H20BrNO2. The number of aliphatic hydroxyl groups excluding tert-OH is 1. The van der Waals surface area contributed by atoms with Crippen LogP contribution in [-0.4, -0.2) is 32.4 Å². The fourth-order valence-corrected chi connectivity index (χ4v) is 2.52. The van der Waals surface area contributed by atoms with Gasteiger partial charge in [0, 0.05) is 18.1 Å². The van der Waals surface area contributed by atoms with Crippen LogP contribution in [0.15, 0.2) is 4.47 Å². The van der Waals surface area contributed by atoms with Crippen molar-refractivity contribution >= 4 is 21.6 Å². The number of halogens is 1. The van der Waals surface area contributed by atoms with Crippen LogP contribution in [0.5, 0.6) is 5.75 Å². The van der Waals surface area contributed by atoms with Crippen LogP contribution in [0.2, 0.25) is 0 Å². The highest BCUT2D eigenvalue weighted by Gasteiger charge is 2.19. The monoisotopic (exact) mass is 301 g/mol. The average Bonchev–Trinajstić information content (AvgIpc) is 2.31. The number of likely N-dealkylation sites (N-methyl/N-ethyl adjacent to an activating group) is 1. The lowest BCUT2D eigenvalue weighted by Gasteiger charge is -2.26. The maximum atomic E-state index is 9.05. The van der Waals surface area contributed by atoms with E-state index in [2.05, 4.69) is 36.7 Å². The molecule has 0 saturated heterocycles. The molecule has 0 amide bonds. The predicted octanol–water partition coefficient (Wildman–Crippen LogP) is 2.81. The van der Waals surface area contributed by atoms with Crippen molar-refractivity contribution in [2.45, 2.75) is 20.8 Å². The fourth-order valence-electron chi connectivity index (χ4n) is 2.04. The Hall–Kier alpha value is -0.740. The van der Waals surface area contributed by atoms with Gasteiger partial charge in [-0.1, -0.05) is 15.9 Å². The minimum Gasteiger partial charge on any atom is -0.494 e. The van der Waals surface area contributed by atoms with Crippen LogP contribution in [0.25, 0.3) is 0 Å². The maximum Gasteiger partial charge on any atom is 0.145 e. The summed E-state index contributed by atoms with van der Waals surface area (Å²) in [6.45, 7) is 6.90. The molecule has 0 spiro atoms. The Kier molecular flexibility index (Phi) is 4.83. The van der Waals surface area contributed by atoms with Crippen molar-refractivity contribution in [3.63, 3.8) is 0 Å². The van der Waals surface area contributed by atoms with Crippen LogP contribution in [-0.2, 0) is 0 Å². The minimum absolute atomic E-state index is 0.129. The Morgan fingerprint density at radius 1 is 1.18 bits per heavy atom. The van der Waals surface area contributed by atoms with Crippen molar-refractivity contribution in [3.8, 4) is 5.75 Å². The fraction of sp³-hybridized carbons (Fsp3) is 0.538. The van der Waals surface area contributed by atoms with E-state index >= 15 is 0 Å². The van der Waals surface area contributed by atoms with Gasteiger partial charge in [0.2, 0.25) is 0 Å². The van der Waals surface area contributed by atoms with Crippen LogP contribution >= 0.6 is 15.9 Å². The molecule has 0 aliphatic carbocycles. The molecule has 3 nitrogen and oxygen atoms in total. The first-order valence-electron chi connectivity index (χ1n) is 5.60. The van der Waals surface area contributed by atoms with Gasteiger partial charge in [-0.05, 0) is 37.5 Å². The second-order valence-electron chi connectivity index (χ2n) is 4.22. The van der Waals surface area contributed by atoms with Crippen molar-refractivity contribution in [1.82, 2.24) is 0 Å². The molecule has 1 aromatic rings. The summed E-state index contributed by atoms with van der Waals surface area (Å²) in [5.41, 5.74) is 4.50. The highest BCUT2D eigenvalue weighted by Crippen LogP contribution is 2.41. The zero-order valence-corrected chi connectivity index (χ0v) is 12.7. The lowest BCUT2D eigenvalue weighted by atomic mass is 10.0. The predicted molar refractivity (Wildman–Crippen MR) is 75.3 cm³/mol. The quantitative estimate of drug-likeness (QED) is 0.928. The molecule has 0 radical (unpaired) electrons. The SMILES string of the molecule is COc1c(C)c(C)c(Br)c(C)c1N(C)CCO. The van der Waals surface area contributed by atoms with E-state index in [1.54, 1.807) is 7.11 Å². The summed E-state index contributed by atoms with van der Waals surface area (Å²) >= 11 is 3.62. The number of hydrogen-bond acceptors (Lipinski definition) is 3. The molecule has 1 N–H and O–H groups in total. The van der Waals surface area contributed by atoms with Crippen LogP contribution in [0.4, 0.5) is 5.69 Å². The molecule has 0 bridgehead atoms. The van der Waals surface area contributed by atoms with Crippen molar-refractivity contribution in [2.24, 2.45) is 0 Å². The molecule has 1 aromatic carbocycles. The second-order valence-corrected chi connectivity index (χ2v) is 5.01. The third-order valence-corrected chi connectivity index (χ3v) is 4.34. The Morgan fingerprint density at radius 3 is 2.24 bits per heavy atom. The molecule has 0 heterocycles. The van der Waals surface area contributed by atoms with Gasteiger partial charge in [0.05, 0.1) is 19.4 Å². The molecule has 17 heavy (non-hydrogen) atoms. The lowest BCUT2D eigenvalue weighted by molar-refractivity contribution is 0.303. The van der Waals surface area contributed by atoms with E-state index in [1.807, 2.05) is 11.9 Å². The molecule has 4 heteroatoms. The number of methoxy groups -OCH3 is 1. The zero-order chi connectivity index (χ0) is 13.2. The Morgan fingerprint density at radius 2 is 1.76 bits per heavy atom. The van der Waals surface area contributed by atoms with Crippen LogP contribution in [0.3, 0.4) is 0 Å². The molecule has 0 aliphatic heterocycles. The van der Waals surface area contributed by atoms with E-state index in [4.69, 9.17) is 9.84 Å². The van der Waals surface area contributed by atoms with E-state index in [0.717, 1.165) is 27.0 Å². The molecule has 0 aliphatic rings. The molecule has 0 atom stereocenters. The standard InChI is InChI=1S/C13H20BrNO2/c1-8-9(2)13(17-5)12(10(3)11(8)14)15(4)6-7-16/h16H,6-7H2,1-5H3. The Labute approximate surface area is 112 Å². The molecule has 0 fully saturated rings. The zero-order valence-electron chi connectivity index (χ0n) is 11.1. The summed E-state index contributed by atoms with van der Waals surface area (Å²) in [5, 5.41) is 9.05. The highest BCUT2D eigenvalue weighted by molar-refractivity contribution is 9.10. The average molecular weight is 302 g/mol. The third-order valence-electron chi connectivity index (χ3n) is 3.15. The number of rotatable bonds is 4. The summed E-state index contributed by atoms with van der Waals surface area (Å²) in [6, 6.07) is 0. The van der Waals surface area contributed by atoms with Crippen molar-refractivity contribution in [3.05, 3.63) is 21.2 Å². The number of nitrogens with zero attached hydrogens (tertiary/aromatic N) is 1. The van der Waals surface area contributed by atoms with Crippen LogP contribution in [0, 0.1) is 20.8 Å². The van der Waals surface area contributed by atoms with Gasteiger partial charge in [0.1, 0.15) is 5.75 Å². The molecule has 0 aromatic heterocycles. The Balaban J connectivity index is 3.46. The van der Waals surface area contributed by atoms with E-state index in [0.29, 0.717) is 6.54 Å². The highest BCUT2D eigenvalue weighted by atomic mass is 79.9. The second kappa shape index (κ2) is 5.74. The summed E-state index contributed by atoms with van der Waals surface area (Å²) in [5.74, 6) is 0.888. The smallest absolute Gasteiger partial charge is 0.145 e. The van der Waals surface area contributed by atoms with Gasteiger partial charge in [-0.25, -0.2) is 0 Å². The van der Waals surface area contributed by atoms with E-state index in [9.17, 15) is 0 Å². The number of ether oxygens (including phenoxy) is 1. The van der Waals surface area contributed by atoms with Gasteiger partial charge < -0.3 is 14.7 Å².